The van der Waals surface area contributed by atoms with Crippen LogP contribution in [0.25, 0.3) is 10.8 Å². The molecule has 3 aromatic rings. The number of nitrogens with zero attached hydrogens (tertiary/aromatic N) is 2. The number of sulfonamides is 1. The highest BCUT2D eigenvalue weighted by molar-refractivity contribution is 7.89. The number of hydrogen-bond donors (Lipinski definition) is 0. The Morgan fingerprint density at radius 1 is 1.00 bits per heavy atom. The molecule has 9 heteroatoms. The minimum absolute atomic E-state index is 0.0496. The molecule has 0 radical (unpaired) electrons. The molecule has 1 aliphatic heterocycles. The quantitative estimate of drug-likeness (QED) is 0.366. The van der Waals surface area contributed by atoms with Crippen molar-refractivity contribution < 1.29 is 27.5 Å². The molecule has 0 bridgehead atoms. The summed E-state index contributed by atoms with van der Waals surface area (Å²) in [6.07, 6.45) is -0.289. The van der Waals surface area contributed by atoms with Crippen LogP contribution in [-0.4, -0.2) is 48.7 Å². The van der Waals surface area contributed by atoms with Crippen molar-refractivity contribution in [1.82, 2.24) is 4.31 Å². The highest BCUT2D eigenvalue weighted by Crippen LogP contribution is 2.35. The number of benzene rings is 3. The molecular formula is C27H28N2O6S. The van der Waals surface area contributed by atoms with Gasteiger partial charge >= 0.3 is 5.97 Å². The van der Waals surface area contributed by atoms with Gasteiger partial charge in [0.1, 0.15) is 6.04 Å². The Balaban J connectivity index is 1.70. The summed E-state index contributed by atoms with van der Waals surface area (Å²) in [6.45, 7) is 7.00. The van der Waals surface area contributed by atoms with E-state index >= 15 is 0 Å². The summed E-state index contributed by atoms with van der Waals surface area (Å²) in [5, 5.41) is 1.65. The third kappa shape index (κ3) is 4.64. The minimum Gasteiger partial charge on any atom is -0.462 e. The van der Waals surface area contributed by atoms with Crippen LogP contribution < -0.4 is 4.90 Å². The lowest BCUT2D eigenvalue weighted by atomic mass is 10.1. The number of amides is 2. The zero-order valence-corrected chi connectivity index (χ0v) is 21.4. The van der Waals surface area contributed by atoms with Crippen molar-refractivity contribution in [3.05, 3.63) is 72.3 Å². The summed E-state index contributed by atoms with van der Waals surface area (Å²) in [4.78, 5) is 39.5. The van der Waals surface area contributed by atoms with E-state index in [2.05, 4.69) is 0 Å². The van der Waals surface area contributed by atoms with Crippen LogP contribution in [0.2, 0.25) is 0 Å². The second kappa shape index (κ2) is 9.48. The molecule has 1 heterocycles. The third-order valence-corrected chi connectivity index (χ3v) is 8.15. The van der Waals surface area contributed by atoms with Crippen LogP contribution in [0, 0.1) is 0 Å². The van der Waals surface area contributed by atoms with Crippen molar-refractivity contribution >= 4 is 44.3 Å². The van der Waals surface area contributed by atoms with E-state index in [1.165, 1.54) is 30.3 Å². The molecule has 1 saturated heterocycles. The van der Waals surface area contributed by atoms with Gasteiger partial charge in [-0.2, -0.15) is 4.31 Å². The van der Waals surface area contributed by atoms with E-state index in [0.717, 1.165) is 20.0 Å². The van der Waals surface area contributed by atoms with Crippen molar-refractivity contribution in [2.24, 2.45) is 0 Å². The molecule has 36 heavy (non-hydrogen) atoms. The number of hydrogen-bond acceptors (Lipinski definition) is 6. The summed E-state index contributed by atoms with van der Waals surface area (Å²) in [6, 6.07) is 16.9. The summed E-state index contributed by atoms with van der Waals surface area (Å²) in [7, 11) is -4.15. The van der Waals surface area contributed by atoms with Crippen LogP contribution in [0.3, 0.4) is 0 Å². The van der Waals surface area contributed by atoms with Crippen molar-refractivity contribution in [3.8, 4) is 0 Å². The minimum atomic E-state index is -4.15. The van der Waals surface area contributed by atoms with Gasteiger partial charge in [0, 0.05) is 5.54 Å². The molecular weight excluding hydrogens is 480 g/mol. The molecule has 0 spiro atoms. The van der Waals surface area contributed by atoms with Crippen LogP contribution in [0.5, 0.6) is 0 Å². The van der Waals surface area contributed by atoms with Crippen molar-refractivity contribution in [2.75, 3.05) is 11.5 Å². The highest BCUT2D eigenvalue weighted by Gasteiger charge is 2.50. The predicted octanol–water partition coefficient (Wildman–Crippen LogP) is 4.14. The molecule has 4 rings (SSSR count). The van der Waals surface area contributed by atoms with Gasteiger partial charge in [-0.05, 0) is 74.9 Å². The number of anilines is 1. The fourth-order valence-electron chi connectivity index (χ4n) is 4.47. The first-order valence-corrected chi connectivity index (χ1v) is 13.1. The Hall–Kier alpha value is -3.56. The monoisotopic (exact) mass is 508 g/mol. The number of carbonyl (C=O) groups is 3. The zero-order valence-electron chi connectivity index (χ0n) is 20.6. The molecule has 0 saturated carbocycles. The number of fused-ring (bicyclic) bond motifs is 1. The Morgan fingerprint density at radius 3 is 2.25 bits per heavy atom. The normalized spacial score (nSPS) is 16.7. The first-order chi connectivity index (χ1) is 16.9. The fraction of sp³-hybridized carbons (Fsp3) is 0.296. The van der Waals surface area contributed by atoms with Crippen LogP contribution in [0.4, 0.5) is 5.69 Å². The van der Waals surface area contributed by atoms with Crippen molar-refractivity contribution in [3.63, 3.8) is 0 Å². The lowest BCUT2D eigenvalue weighted by Crippen LogP contribution is -2.54. The smallest absolute Gasteiger partial charge is 0.338 e. The molecule has 1 fully saturated rings. The second-order valence-corrected chi connectivity index (χ2v) is 11.4. The topological polar surface area (TPSA) is 101 Å². The first-order valence-electron chi connectivity index (χ1n) is 11.6. The summed E-state index contributed by atoms with van der Waals surface area (Å²) in [5.74, 6) is -1.67. The second-order valence-electron chi connectivity index (χ2n) is 9.54. The summed E-state index contributed by atoms with van der Waals surface area (Å²) < 4.78 is 33.9. The molecule has 0 aromatic heterocycles. The van der Waals surface area contributed by atoms with E-state index in [9.17, 15) is 22.8 Å². The molecule has 1 atom stereocenters. The SMILES string of the molecule is CCOC(=O)c1ccc(N2C(=O)CC(N(C(C)(C)C)S(=O)(=O)c3ccc4ccccc4c3)C2=O)cc1. The third-order valence-electron chi connectivity index (χ3n) is 5.98. The van der Waals surface area contributed by atoms with E-state index in [1.807, 2.05) is 24.3 Å². The number of ether oxygens (including phenoxy) is 1. The molecule has 2 amide bonds. The Kier molecular flexibility index (Phi) is 6.72. The maximum atomic E-state index is 13.9. The van der Waals surface area contributed by atoms with E-state index in [4.69, 9.17) is 4.74 Å². The Morgan fingerprint density at radius 2 is 1.64 bits per heavy atom. The first kappa shape index (κ1) is 25.5. The van der Waals surface area contributed by atoms with Gasteiger partial charge in [-0.25, -0.2) is 18.1 Å². The van der Waals surface area contributed by atoms with Gasteiger partial charge in [0.25, 0.3) is 5.91 Å². The average molecular weight is 509 g/mol. The van der Waals surface area contributed by atoms with Crippen LogP contribution in [0.15, 0.2) is 71.6 Å². The molecule has 1 aliphatic rings. The average Bonchev–Trinajstić information content (AvgIpc) is 3.10. The molecule has 8 nitrogen and oxygen atoms in total. The summed E-state index contributed by atoms with van der Waals surface area (Å²) in [5.41, 5.74) is -0.446. The molecule has 0 N–H and O–H groups in total. The van der Waals surface area contributed by atoms with Gasteiger partial charge < -0.3 is 4.74 Å². The zero-order chi connectivity index (χ0) is 26.3. The van der Waals surface area contributed by atoms with E-state index in [0.29, 0.717) is 0 Å². The largest absolute Gasteiger partial charge is 0.462 e. The number of imide groups is 1. The van der Waals surface area contributed by atoms with Crippen LogP contribution >= 0.6 is 0 Å². The standard InChI is InChI=1S/C27H28N2O6S/c1-5-35-26(32)19-10-13-21(14-11-19)28-24(30)17-23(25(28)31)29(27(2,3)4)36(33,34)22-15-12-18-8-6-7-9-20(18)16-22/h6-16,23H,5,17H2,1-4H3. The lowest BCUT2D eigenvalue weighted by Gasteiger charge is -2.37. The number of esters is 1. The van der Waals surface area contributed by atoms with E-state index < -0.39 is 39.4 Å². The lowest BCUT2D eigenvalue weighted by molar-refractivity contribution is -0.122. The highest BCUT2D eigenvalue weighted by atomic mass is 32.2. The Labute approximate surface area is 210 Å². The van der Waals surface area contributed by atoms with Crippen molar-refractivity contribution in [1.29, 1.82) is 0 Å². The molecule has 0 aliphatic carbocycles. The van der Waals surface area contributed by atoms with Gasteiger partial charge in [-0.3, -0.25) is 9.59 Å². The van der Waals surface area contributed by atoms with Gasteiger partial charge in [0.05, 0.1) is 29.2 Å². The maximum absolute atomic E-state index is 13.9. The van der Waals surface area contributed by atoms with Crippen LogP contribution in [-0.2, 0) is 24.3 Å². The Bertz CT molecular complexity index is 1440. The molecule has 188 valence electrons. The van der Waals surface area contributed by atoms with E-state index in [-0.39, 0.29) is 29.2 Å². The van der Waals surface area contributed by atoms with Crippen molar-refractivity contribution in [2.45, 2.75) is 50.6 Å². The van der Waals surface area contributed by atoms with Gasteiger partial charge in [0.2, 0.25) is 15.9 Å². The summed E-state index contributed by atoms with van der Waals surface area (Å²) >= 11 is 0. The number of carbonyl (C=O) groups excluding carboxylic acids is 3. The van der Waals surface area contributed by atoms with Gasteiger partial charge in [0.15, 0.2) is 0 Å². The maximum Gasteiger partial charge on any atom is 0.338 e. The van der Waals surface area contributed by atoms with Crippen LogP contribution in [0.1, 0.15) is 44.5 Å². The van der Waals surface area contributed by atoms with Gasteiger partial charge in [-0.1, -0.05) is 30.3 Å². The van der Waals surface area contributed by atoms with E-state index in [1.54, 1.807) is 39.8 Å². The number of rotatable bonds is 6. The van der Waals surface area contributed by atoms with Gasteiger partial charge in [-0.15, -0.1) is 0 Å². The fourth-order valence-corrected chi connectivity index (χ4v) is 6.43. The molecule has 3 aromatic carbocycles. The molecule has 1 unspecified atom stereocenters. The predicted molar refractivity (Wildman–Crippen MR) is 136 cm³/mol.